The van der Waals surface area contributed by atoms with Crippen LogP contribution in [0.4, 0.5) is 4.39 Å². The van der Waals surface area contributed by atoms with Gasteiger partial charge < -0.3 is 10.1 Å². The number of methoxy groups -OCH3 is 1. The van der Waals surface area contributed by atoms with Gasteiger partial charge >= 0.3 is 0 Å². The molecule has 2 aromatic carbocycles. The van der Waals surface area contributed by atoms with Crippen molar-refractivity contribution >= 4 is 34.2 Å². The zero-order valence-electron chi connectivity index (χ0n) is 11.8. The highest BCUT2D eigenvalue weighted by Gasteiger charge is 2.16. The summed E-state index contributed by atoms with van der Waals surface area (Å²) in [5, 5.41) is 3.92. The van der Waals surface area contributed by atoms with Gasteiger partial charge in [-0.05, 0) is 65.4 Å². The molecule has 2 nitrogen and oxygen atoms in total. The number of hydrogen-bond donors (Lipinski definition) is 1. The Morgan fingerprint density at radius 1 is 1.33 bits per heavy atom. The van der Waals surface area contributed by atoms with E-state index in [1.165, 1.54) is 7.11 Å². The van der Waals surface area contributed by atoms with Crippen molar-refractivity contribution in [2.45, 2.75) is 12.5 Å². The smallest absolute Gasteiger partial charge is 0.168 e. The Hall–Kier alpha value is -0.850. The maximum Gasteiger partial charge on any atom is 0.168 e. The highest BCUT2D eigenvalue weighted by Crippen LogP contribution is 2.28. The van der Waals surface area contributed by atoms with Crippen molar-refractivity contribution in [3.63, 3.8) is 0 Å². The second-order valence-electron chi connectivity index (χ2n) is 4.65. The van der Waals surface area contributed by atoms with Gasteiger partial charge in [-0.25, -0.2) is 4.39 Å². The first-order valence-electron chi connectivity index (χ1n) is 6.50. The quantitative estimate of drug-likeness (QED) is 0.716. The van der Waals surface area contributed by atoms with E-state index < -0.39 is 0 Å². The molecule has 1 N–H and O–H groups in total. The van der Waals surface area contributed by atoms with Crippen LogP contribution in [0.5, 0.6) is 5.75 Å². The molecule has 0 bridgehead atoms. The van der Waals surface area contributed by atoms with Crippen molar-refractivity contribution in [2.24, 2.45) is 0 Å². The monoisotopic (exact) mass is 419 g/mol. The topological polar surface area (TPSA) is 21.3 Å². The predicted molar refractivity (Wildman–Crippen MR) is 92.6 cm³/mol. The standard InChI is InChI=1S/C16H16ClFINO/c1-20-14(10-6-7-13(19)12(17)8-10)9-11-4-3-5-15(21-2)16(11)18/h3-8,14,20H,9H2,1-2H3. The molecule has 0 amide bonds. The molecule has 0 aliphatic heterocycles. The van der Waals surface area contributed by atoms with E-state index in [1.807, 2.05) is 25.2 Å². The first kappa shape index (κ1) is 16.5. The minimum absolute atomic E-state index is 0.0129. The van der Waals surface area contributed by atoms with Gasteiger partial charge in [0.15, 0.2) is 11.6 Å². The summed E-state index contributed by atoms with van der Waals surface area (Å²) in [6, 6.07) is 11.1. The second-order valence-corrected chi connectivity index (χ2v) is 6.22. The highest BCUT2D eigenvalue weighted by molar-refractivity contribution is 14.1. The molecule has 112 valence electrons. The predicted octanol–water partition coefficient (Wildman–Crippen LogP) is 4.60. The molecule has 0 spiro atoms. The van der Waals surface area contributed by atoms with Crippen LogP contribution >= 0.6 is 34.2 Å². The Labute approximate surface area is 142 Å². The van der Waals surface area contributed by atoms with Crippen LogP contribution in [0.2, 0.25) is 5.02 Å². The lowest BCUT2D eigenvalue weighted by Crippen LogP contribution is -2.19. The van der Waals surface area contributed by atoms with Crippen LogP contribution in [-0.2, 0) is 6.42 Å². The van der Waals surface area contributed by atoms with Gasteiger partial charge in [-0.2, -0.15) is 0 Å². The lowest BCUT2D eigenvalue weighted by atomic mass is 9.98. The average molecular weight is 420 g/mol. The van der Waals surface area contributed by atoms with Gasteiger partial charge in [0.05, 0.1) is 12.1 Å². The molecule has 0 saturated carbocycles. The summed E-state index contributed by atoms with van der Waals surface area (Å²) in [7, 11) is 3.32. The lowest BCUT2D eigenvalue weighted by Gasteiger charge is -2.18. The number of ether oxygens (including phenoxy) is 1. The third-order valence-electron chi connectivity index (χ3n) is 3.38. The van der Waals surface area contributed by atoms with Crippen LogP contribution in [0, 0.1) is 9.39 Å². The van der Waals surface area contributed by atoms with Gasteiger partial charge in [0.2, 0.25) is 0 Å². The zero-order valence-corrected chi connectivity index (χ0v) is 14.7. The number of hydrogen-bond acceptors (Lipinski definition) is 2. The van der Waals surface area contributed by atoms with Gasteiger partial charge in [-0.1, -0.05) is 29.8 Å². The molecule has 1 atom stereocenters. The summed E-state index contributed by atoms with van der Waals surface area (Å²) in [6.45, 7) is 0. The number of nitrogens with one attached hydrogen (secondary N) is 1. The highest BCUT2D eigenvalue weighted by atomic mass is 127. The molecule has 0 aliphatic carbocycles. The van der Waals surface area contributed by atoms with Crippen molar-refractivity contribution < 1.29 is 9.13 Å². The Morgan fingerprint density at radius 2 is 2.10 bits per heavy atom. The van der Waals surface area contributed by atoms with Crippen molar-refractivity contribution in [1.29, 1.82) is 0 Å². The summed E-state index contributed by atoms with van der Waals surface area (Å²) in [6.07, 6.45) is 0.524. The summed E-state index contributed by atoms with van der Waals surface area (Å²) in [5.41, 5.74) is 1.65. The van der Waals surface area contributed by atoms with Crippen LogP contribution in [-0.4, -0.2) is 14.2 Å². The molecule has 1 unspecified atom stereocenters. The van der Waals surface area contributed by atoms with E-state index in [1.54, 1.807) is 18.2 Å². The second kappa shape index (κ2) is 7.42. The van der Waals surface area contributed by atoms with E-state index in [4.69, 9.17) is 16.3 Å². The molecule has 2 rings (SSSR count). The first-order valence-corrected chi connectivity index (χ1v) is 7.96. The van der Waals surface area contributed by atoms with E-state index >= 15 is 0 Å². The number of likely N-dealkylation sites (N-methyl/N-ethyl adjacent to an activating group) is 1. The Kier molecular flexibility index (Phi) is 5.84. The molecule has 21 heavy (non-hydrogen) atoms. The summed E-state index contributed by atoms with van der Waals surface area (Å²) >= 11 is 8.35. The Balaban J connectivity index is 2.29. The summed E-state index contributed by atoms with van der Waals surface area (Å²) < 4.78 is 20.3. The van der Waals surface area contributed by atoms with Crippen LogP contribution < -0.4 is 10.1 Å². The molecule has 0 saturated heterocycles. The van der Waals surface area contributed by atoms with Gasteiger partial charge in [-0.15, -0.1) is 0 Å². The molecule has 2 aromatic rings. The molecular formula is C16H16ClFINO. The van der Waals surface area contributed by atoms with E-state index in [0.717, 1.165) is 9.13 Å². The maximum absolute atomic E-state index is 14.2. The molecule has 0 aliphatic rings. The number of benzene rings is 2. The zero-order chi connectivity index (χ0) is 15.4. The molecule has 0 fully saturated rings. The Bertz CT molecular complexity index is 636. The van der Waals surface area contributed by atoms with Crippen molar-refractivity contribution in [3.8, 4) is 5.75 Å². The molecule has 5 heteroatoms. The van der Waals surface area contributed by atoms with Crippen molar-refractivity contribution in [1.82, 2.24) is 5.32 Å². The van der Waals surface area contributed by atoms with Crippen molar-refractivity contribution in [3.05, 3.63) is 61.9 Å². The van der Waals surface area contributed by atoms with E-state index in [2.05, 4.69) is 27.9 Å². The van der Waals surface area contributed by atoms with E-state index in [9.17, 15) is 4.39 Å². The molecule has 0 aromatic heterocycles. The Morgan fingerprint density at radius 3 is 2.71 bits per heavy atom. The lowest BCUT2D eigenvalue weighted by molar-refractivity contribution is 0.383. The van der Waals surface area contributed by atoms with Crippen LogP contribution in [0.1, 0.15) is 17.2 Å². The molecule has 0 heterocycles. The third-order valence-corrected chi connectivity index (χ3v) is 4.95. The summed E-state index contributed by atoms with van der Waals surface area (Å²) in [4.78, 5) is 0. The van der Waals surface area contributed by atoms with Gasteiger partial charge in [-0.3, -0.25) is 0 Å². The van der Waals surface area contributed by atoms with E-state index in [0.29, 0.717) is 17.0 Å². The fourth-order valence-electron chi connectivity index (χ4n) is 2.21. The normalized spacial score (nSPS) is 12.2. The van der Waals surface area contributed by atoms with Crippen LogP contribution in [0.25, 0.3) is 0 Å². The fraction of sp³-hybridized carbons (Fsp3) is 0.250. The van der Waals surface area contributed by atoms with Gasteiger partial charge in [0.25, 0.3) is 0 Å². The minimum Gasteiger partial charge on any atom is -0.494 e. The summed E-state index contributed by atoms with van der Waals surface area (Å²) in [5.74, 6) is -0.0418. The fourth-order valence-corrected chi connectivity index (χ4v) is 2.73. The minimum atomic E-state index is -0.308. The largest absolute Gasteiger partial charge is 0.494 e. The van der Waals surface area contributed by atoms with Crippen LogP contribution in [0.3, 0.4) is 0 Å². The third kappa shape index (κ3) is 3.87. The van der Waals surface area contributed by atoms with Crippen molar-refractivity contribution in [2.75, 3.05) is 14.2 Å². The number of rotatable bonds is 5. The maximum atomic E-state index is 14.2. The molecule has 0 radical (unpaired) electrons. The average Bonchev–Trinajstić information content (AvgIpc) is 2.49. The molecular weight excluding hydrogens is 404 g/mol. The SMILES string of the molecule is CNC(Cc1cccc(OC)c1F)c1ccc(I)c(Cl)c1. The number of halogens is 3. The van der Waals surface area contributed by atoms with E-state index in [-0.39, 0.29) is 17.6 Å². The van der Waals surface area contributed by atoms with Gasteiger partial charge in [0, 0.05) is 9.61 Å². The first-order chi connectivity index (χ1) is 10.1. The van der Waals surface area contributed by atoms with Crippen LogP contribution in [0.15, 0.2) is 36.4 Å². The van der Waals surface area contributed by atoms with Gasteiger partial charge in [0.1, 0.15) is 0 Å².